The molecule has 1 heterocycles. The normalized spacial score (nSPS) is 21.6. The van der Waals surface area contributed by atoms with Crippen molar-refractivity contribution in [2.75, 3.05) is 18.9 Å². The molecule has 2 rings (SSSR count). The van der Waals surface area contributed by atoms with Gasteiger partial charge in [0, 0.05) is 34.7 Å². The van der Waals surface area contributed by atoms with Crippen LogP contribution in [0, 0.1) is 11.8 Å². The molecule has 1 aliphatic rings. The average Bonchev–Trinajstić information content (AvgIpc) is 2.48. The quantitative estimate of drug-likeness (QED) is 0.808. The monoisotopic (exact) mass is 323 g/mol. The summed E-state index contributed by atoms with van der Waals surface area (Å²) in [6, 6.07) is 5.34. The number of halogens is 1. The number of nitrogens with zero attached hydrogens (tertiary/aromatic N) is 1. The van der Waals surface area contributed by atoms with E-state index in [1.165, 1.54) is 0 Å². The van der Waals surface area contributed by atoms with Crippen LogP contribution in [0.3, 0.4) is 0 Å². The summed E-state index contributed by atoms with van der Waals surface area (Å²) in [4.78, 5) is 14.5. The van der Waals surface area contributed by atoms with Crippen LogP contribution in [-0.4, -0.2) is 46.1 Å². The Balaban J connectivity index is 2.21. The molecule has 3 nitrogen and oxygen atoms in total. The highest BCUT2D eigenvalue weighted by Gasteiger charge is 2.29. The second-order valence-corrected chi connectivity index (χ2v) is 6.86. The molecule has 0 radical (unpaired) electrons. The van der Waals surface area contributed by atoms with Crippen molar-refractivity contribution in [3.05, 3.63) is 34.3 Å². The lowest BCUT2D eigenvalue weighted by atomic mass is 10.1. The Morgan fingerprint density at radius 1 is 1.52 bits per heavy atom. The first-order chi connectivity index (χ1) is 10.0. The highest BCUT2D eigenvalue weighted by Crippen LogP contribution is 2.26. The summed E-state index contributed by atoms with van der Waals surface area (Å²) in [6.45, 7) is 4.78. The second-order valence-electron chi connectivity index (χ2n) is 4.97. The summed E-state index contributed by atoms with van der Waals surface area (Å²) in [6.07, 6.45) is 0. The fourth-order valence-corrected chi connectivity index (χ4v) is 3.60. The first-order valence-electron chi connectivity index (χ1n) is 6.86. The van der Waals surface area contributed by atoms with Crippen molar-refractivity contribution in [3.63, 3.8) is 0 Å². The summed E-state index contributed by atoms with van der Waals surface area (Å²) in [7, 11) is 0. The molecule has 1 N–H and O–H groups in total. The maximum atomic E-state index is 12.6. The highest BCUT2D eigenvalue weighted by atomic mass is 35.5. The standard InChI is InChI=1S/C16H18ClNO2S/c1-11-12(2)21-9-7-18(11)16(20)14-6-5-13(4-3-8-19)15(17)10-14/h5-6,10-12,19H,7-9H2,1-2H3. The number of thioether (sulfide) groups is 1. The third-order valence-corrected chi connectivity index (χ3v) is 5.31. The van der Waals surface area contributed by atoms with Crippen molar-refractivity contribution in [3.8, 4) is 11.8 Å². The number of aliphatic hydroxyl groups excluding tert-OH is 1. The summed E-state index contributed by atoms with van der Waals surface area (Å²) in [5.41, 5.74) is 1.21. The smallest absolute Gasteiger partial charge is 0.254 e. The van der Waals surface area contributed by atoms with E-state index in [4.69, 9.17) is 16.7 Å². The Labute approximate surface area is 134 Å². The van der Waals surface area contributed by atoms with Gasteiger partial charge in [-0.1, -0.05) is 30.4 Å². The van der Waals surface area contributed by atoms with Crippen LogP contribution in [0.2, 0.25) is 5.02 Å². The molecule has 2 unspecified atom stereocenters. The Kier molecular flexibility index (Phi) is 5.58. The third-order valence-electron chi connectivity index (χ3n) is 3.66. The maximum absolute atomic E-state index is 12.6. The van der Waals surface area contributed by atoms with E-state index in [9.17, 15) is 4.79 Å². The predicted octanol–water partition coefficient (Wildman–Crippen LogP) is 2.65. The summed E-state index contributed by atoms with van der Waals surface area (Å²) in [5, 5.41) is 9.58. The van der Waals surface area contributed by atoms with Gasteiger partial charge in [0.1, 0.15) is 6.61 Å². The second kappa shape index (κ2) is 7.22. The van der Waals surface area contributed by atoms with E-state index in [-0.39, 0.29) is 18.6 Å². The zero-order valence-corrected chi connectivity index (χ0v) is 13.7. The molecule has 1 saturated heterocycles. The van der Waals surface area contributed by atoms with Crippen molar-refractivity contribution < 1.29 is 9.90 Å². The molecular weight excluding hydrogens is 306 g/mol. The van der Waals surface area contributed by atoms with Crippen LogP contribution in [-0.2, 0) is 0 Å². The van der Waals surface area contributed by atoms with E-state index in [0.717, 1.165) is 12.3 Å². The molecule has 1 fully saturated rings. The van der Waals surface area contributed by atoms with Gasteiger partial charge < -0.3 is 10.0 Å². The van der Waals surface area contributed by atoms with Crippen molar-refractivity contribution in [1.29, 1.82) is 0 Å². The number of aliphatic hydroxyl groups is 1. The zero-order valence-electron chi connectivity index (χ0n) is 12.1. The Morgan fingerprint density at radius 3 is 2.95 bits per heavy atom. The lowest BCUT2D eigenvalue weighted by molar-refractivity contribution is 0.0698. The Bertz CT molecular complexity index is 594. The fourth-order valence-electron chi connectivity index (χ4n) is 2.27. The fraction of sp³-hybridized carbons (Fsp3) is 0.438. The van der Waals surface area contributed by atoms with Gasteiger partial charge in [-0.3, -0.25) is 4.79 Å². The molecule has 0 bridgehead atoms. The first kappa shape index (κ1) is 16.2. The van der Waals surface area contributed by atoms with Crippen LogP contribution >= 0.6 is 23.4 Å². The van der Waals surface area contributed by atoms with Gasteiger partial charge in [-0.15, -0.1) is 0 Å². The van der Waals surface area contributed by atoms with Crippen LogP contribution in [0.25, 0.3) is 0 Å². The minimum atomic E-state index is -0.210. The van der Waals surface area contributed by atoms with E-state index < -0.39 is 0 Å². The van der Waals surface area contributed by atoms with E-state index >= 15 is 0 Å². The number of rotatable bonds is 1. The number of hydrogen-bond donors (Lipinski definition) is 1. The van der Waals surface area contributed by atoms with Crippen LogP contribution in [0.15, 0.2) is 18.2 Å². The van der Waals surface area contributed by atoms with Crippen molar-refractivity contribution >= 4 is 29.3 Å². The molecule has 112 valence electrons. The topological polar surface area (TPSA) is 40.5 Å². The van der Waals surface area contributed by atoms with Gasteiger partial charge in [-0.25, -0.2) is 0 Å². The minimum Gasteiger partial charge on any atom is -0.384 e. The summed E-state index contributed by atoms with van der Waals surface area (Å²) < 4.78 is 0. The lowest BCUT2D eigenvalue weighted by Gasteiger charge is -2.37. The molecule has 2 atom stereocenters. The van der Waals surface area contributed by atoms with Gasteiger partial charge >= 0.3 is 0 Å². The molecule has 21 heavy (non-hydrogen) atoms. The van der Waals surface area contributed by atoms with Crippen LogP contribution in [0.5, 0.6) is 0 Å². The van der Waals surface area contributed by atoms with Gasteiger partial charge in [-0.05, 0) is 25.1 Å². The van der Waals surface area contributed by atoms with Crippen LogP contribution in [0.4, 0.5) is 0 Å². The van der Waals surface area contributed by atoms with Crippen molar-refractivity contribution in [1.82, 2.24) is 4.90 Å². The van der Waals surface area contributed by atoms with E-state index in [0.29, 0.717) is 21.4 Å². The molecule has 0 aliphatic carbocycles. The molecule has 0 spiro atoms. The van der Waals surface area contributed by atoms with Crippen LogP contribution < -0.4 is 0 Å². The van der Waals surface area contributed by atoms with Gasteiger partial charge in [-0.2, -0.15) is 11.8 Å². The third kappa shape index (κ3) is 3.74. The predicted molar refractivity (Wildman–Crippen MR) is 87.8 cm³/mol. The molecular formula is C16H18ClNO2S. The number of benzene rings is 1. The van der Waals surface area contributed by atoms with E-state index in [2.05, 4.69) is 25.7 Å². The molecule has 1 amide bonds. The Hall–Kier alpha value is -1.15. The maximum Gasteiger partial charge on any atom is 0.254 e. The van der Waals surface area contributed by atoms with Crippen molar-refractivity contribution in [2.24, 2.45) is 0 Å². The zero-order chi connectivity index (χ0) is 15.4. The number of carbonyl (C=O) groups excluding carboxylic acids is 1. The highest BCUT2D eigenvalue weighted by molar-refractivity contribution is 8.00. The largest absolute Gasteiger partial charge is 0.384 e. The number of hydrogen-bond acceptors (Lipinski definition) is 3. The van der Waals surface area contributed by atoms with Gasteiger partial charge in [0.05, 0.1) is 5.02 Å². The van der Waals surface area contributed by atoms with Gasteiger partial charge in [0.2, 0.25) is 0 Å². The van der Waals surface area contributed by atoms with Crippen molar-refractivity contribution in [2.45, 2.75) is 25.1 Å². The number of amides is 1. The minimum absolute atomic E-state index is 0.0122. The molecule has 1 aromatic rings. The van der Waals surface area contributed by atoms with Gasteiger partial charge in [0.25, 0.3) is 5.91 Å². The summed E-state index contributed by atoms with van der Waals surface area (Å²) >= 11 is 8.05. The molecule has 0 saturated carbocycles. The lowest BCUT2D eigenvalue weighted by Crippen LogP contribution is -2.47. The first-order valence-corrected chi connectivity index (χ1v) is 8.29. The average molecular weight is 324 g/mol. The molecule has 5 heteroatoms. The molecule has 1 aromatic carbocycles. The molecule has 1 aliphatic heterocycles. The van der Waals surface area contributed by atoms with Crippen LogP contribution in [0.1, 0.15) is 29.8 Å². The summed E-state index contributed by atoms with van der Waals surface area (Å²) in [5.74, 6) is 6.29. The molecule has 0 aromatic heterocycles. The van der Waals surface area contributed by atoms with E-state index in [1.54, 1.807) is 18.2 Å². The number of carbonyl (C=O) groups is 1. The Morgan fingerprint density at radius 2 is 2.29 bits per heavy atom. The van der Waals surface area contributed by atoms with E-state index in [1.807, 2.05) is 16.7 Å². The SMILES string of the molecule is CC1SCCN(C(=O)c2ccc(C#CCO)c(Cl)c2)C1C. The van der Waals surface area contributed by atoms with Gasteiger partial charge in [0.15, 0.2) is 0 Å².